The second-order valence-electron chi connectivity index (χ2n) is 3.15. The molecule has 0 aliphatic carbocycles. The van der Waals surface area contributed by atoms with Crippen molar-refractivity contribution in [2.45, 2.75) is 20.3 Å². The molecule has 0 fully saturated rings. The lowest BCUT2D eigenvalue weighted by Gasteiger charge is -2.15. The minimum absolute atomic E-state index is 0.308. The lowest BCUT2D eigenvalue weighted by molar-refractivity contribution is -0.883. The van der Waals surface area contributed by atoms with Crippen LogP contribution in [0.1, 0.15) is 20.3 Å². The Morgan fingerprint density at radius 1 is 1.50 bits per heavy atom. The number of likely N-dealkylation sites (N-methyl/N-ethyl adjacent to an activating group) is 1. The molecule has 62 valence electrons. The summed E-state index contributed by atoms with van der Waals surface area (Å²) < 4.78 is 0. The van der Waals surface area contributed by atoms with Crippen molar-refractivity contribution in [3.8, 4) is 0 Å². The average Bonchev–Trinajstić information content (AvgIpc) is 1.88. The molecule has 2 unspecified atom stereocenters. The van der Waals surface area contributed by atoms with Gasteiger partial charge in [-0.1, -0.05) is 13.8 Å². The highest BCUT2D eigenvalue weighted by Gasteiger charge is 2.05. The standard InChI is InChI=1S/C8H19NO/c1-4-8(2)7-9(3)5-6-10/h8,10H,4-7H2,1-3H3/p+1. The fourth-order valence-electron chi connectivity index (χ4n) is 1.03. The first-order valence-electron chi connectivity index (χ1n) is 4.12. The third-order valence-electron chi connectivity index (χ3n) is 1.93. The summed E-state index contributed by atoms with van der Waals surface area (Å²) in [5.74, 6) is 0.784. The van der Waals surface area contributed by atoms with Gasteiger partial charge in [0.25, 0.3) is 0 Å². The molecule has 2 nitrogen and oxygen atoms in total. The summed E-state index contributed by atoms with van der Waals surface area (Å²) in [6.07, 6.45) is 1.24. The normalized spacial score (nSPS) is 16.8. The van der Waals surface area contributed by atoms with Crippen molar-refractivity contribution >= 4 is 0 Å². The maximum atomic E-state index is 8.60. The van der Waals surface area contributed by atoms with Gasteiger partial charge in [-0.2, -0.15) is 0 Å². The molecule has 0 aromatic carbocycles. The Kier molecular flexibility index (Phi) is 5.64. The SMILES string of the molecule is CCC(C)C[NH+](C)CCO. The third kappa shape index (κ3) is 4.77. The van der Waals surface area contributed by atoms with Gasteiger partial charge in [0.1, 0.15) is 6.54 Å². The van der Waals surface area contributed by atoms with Gasteiger partial charge in [0.05, 0.1) is 20.2 Å². The average molecular weight is 146 g/mol. The summed E-state index contributed by atoms with van der Waals surface area (Å²) >= 11 is 0. The molecule has 0 saturated heterocycles. The zero-order chi connectivity index (χ0) is 7.98. The Morgan fingerprint density at radius 2 is 2.10 bits per heavy atom. The maximum Gasteiger partial charge on any atom is 0.100 e. The predicted octanol–water partition coefficient (Wildman–Crippen LogP) is -0.460. The first-order valence-corrected chi connectivity index (χ1v) is 4.12. The van der Waals surface area contributed by atoms with Crippen LogP contribution in [-0.4, -0.2) is 31.9 Å². The van der Waals surface area contributed by atoms with Crippen molar-refractivity contribution in [1.82, 2.24) is 0 Å². The topological polar surface area (TPSA) is 24.7 Å². The lowest BCUT2D eigenvalue weighted by atomic mass is 10.1. The number of hydrogen-bond donors (Lipinski definition) is 2. The molecular weight excluding hydrogens is 126 g/mol. The van der Waals surface area contributed by atoms with Crippen molar-refractivity contribution in [2.75, 3.05) is 26.7 Å². The van der Waals surface area contributed by atoms with Crippen LogP contribution < -0.4 is 4.90 Å². The van der Waals surface area contributed by atoms with Gasteiger partial charge in [-0.3, -0.25) is 0 Å². The van der Waals surface area contributed by atoms with Crippen LogP contribution in [0.3, 0.4) is 0 Å². The van der Waals surface area contributed by atoms with Crippen molar-refractivity contribution in [3.05, 3.63) is 0 Å². The van der Waals surface area contributed by atoms with Gasteiger partial charge < -0.3 is 10.0 Å². The van der Waals surface area contributed by atoms with Crippen molar-refractivity contribution in [2.24, 2.45) is 5.92 Å². The van der Waals surface area contributed by atoms with E-state index in [1.165, 1.54) is 17.9 Å². The molecule has 0 aliphatic rings. The van der Waals surface area contributed by atoms with Crippen LogP contribution in [0.25, 0.3) is 0 Å². The second kappa shape index (κ2) is 5.69. The van der Waals surface area contributed by atoms with E-state index in [2.05, 4.69) is 20.9 Å². The molecule has 0 aromatic rings. The predicted molar refractivity (Wildman–Crippen MR) is 43.2 cm³/mol. The summed E-state index contributed by atoms with van der Waals surface area (Å²) in [5, 5.41) is 8.60. The summed E-state index contributed by atoms with van der Waals surface area (Å²) in [6, 6.07) is 0. The maximum absolute atomic E-state index is 8.60. The van der Waals surface area contributed by atoms with Crippen LogP contribution in [0, 0.1) is 5.92 Å². The highest BCUT2D eigenvalue weighted by molar-refractivity contribution is 4.43. The van der Waals surface area contributed by atoms with Gasteiger partial charge in [0.2, 0.25) is 0 Å². The Labute approximate surface area is 63.8 Å². The molecule has 2 N–H and O–H groups in total. The highest BCUT2D eigenvalue weighted by Crippen LogP contribution is 1.94. The zero-order valence-electron chi connectivity index (χ0n) is 7.35. The Hall–Kier alpha value is -0.0800. The van der Waals surface area contributed by atoms with E-state index in [0.717, 1.165) is 12.5 Å². The minimum atomic E-state index is 0.308. The van der Waals surface area contributed by atoms with E-state index in [9.17, 15) is 0 Å². The molecule has 0 aliphatic heterocycles. The quantitative estimate of drug-likeness (QED) is 0.539. The molecule has 0 radical (unpaired) electrons. The molecule has 2 heteroatoms. The summed E-state index contributed by atoms with van der Waals surface area (Å²) in [4.78, 5) is 1.43. The number of aliphatic hydroxyl groups excluding tert-OH is 1. The molecule has 0 spiro atoms. The van der Waals surface area contributed by atoms with E-state index in [4.69, 9.17) is 5.11 Å². The van der Waals surface area contributed by atoms with E-state index >= 15 is 0 Å². The summed E-state index contributed by atoms with van der Waals surface area (Å²) in [6.45, 7) is 6.82. The third-order valence-corrected chi connectivity index (χ3v) is 1.93. The summed E-state index contributed by atoms with van der Waals surface area (Å²) in [5.41, 5.74) is 0. The smallest absolute Gasteiger partial charge is 0.100 e. The molecule has 0 aromatic heterocycles. The lowest BCUT2D eigenvalue weighted by Crippen LogP contribution is -3.10. The van der Waals surface area contributed by atoms with Gasteiger partial charge in [-0.25, -0.2) is 0 Å². The number of nitrogens with one attached hydrogen (secondary N) is 1. The fourth-order valence-corrected chi connectivity index (χ4v) is 1.03. The van der Waals surface area contributed by atoms with Crippen molar-refractivity contribution in [3.63, 3.8) is 0 Å². The van der Waals surface area contributed by atoms with Gasteiger partial charge in [-0.15, -0.1) is 0 Å². The highest BCUT2D eigenvalue weighted by atomic mass is 16.3. The fraction of sp³-hybridized carbons (Fsp3) is 1.00. The number of quaternary nitrogens is 1. The molecule has 0 heterocycles. The number of rotatable bonds is 5. The monoisotopic (exact) mass is 146 g/mol. The van der Waals surface area contributed by atoms with Crippen LogP contribution >= 0.6 is 0 Å². The summed E-state index contributed by atoms with van der Waals surface area (Å²) in [7, 11) is 2.13. The molecule has 0 rings (SSSR count). The van der Waals surface area contributed by atoms with Gasteiger partial charge in [0.15, 0.2) is 0 Å². The van der Waals surface area contributed by atoms with E-state index in [-0.39, 0.29) is 0 Å². The second-order valence-corrected chi connectivity index (χ2v) is 3.15. The van der Waals surface area contributed by atoms with Crippen LogP contribution in [-0.2, 0) is 0 Å². The van der Waals surface area contributed by atoms with Crippen LogP contribution in [0.15, 0.2) is 0 Å². The molecule has 10 heavy (non-hydrogen) atoms. The Balaban J connectivity index is 3.27. The minimum Gasteiger partial charge on any atom is -0.391 e. The van der Waals surface area contributed by atoms with Crippen LogP contribution in [0.4, 0.5) is 0 Å². The molecular formula is C8H20NO+. The number of hydrogen-bond acceptors (Lipinski definition) is 1. The van der Waals surface area contributed by atoms with Crippen molar-refractivity contribution in [1.29, 1.82) is 0 Å². The van der Waals surface area contributed by atoms with E-state index in [1.807, 2.05) is 0 Å². The first kappa shape index (κ1) is 9.92. The van der Waals surface area contributed by atoms with E-state index < -0.39 is 0 Å². The van der Waals surface area contributed by atoms with Crippen molar-refractivity contribution < 1.29 is 10.0 Å². The first-order chi connectivity index (χ1) is 4.70. The van der Waals surface area contributed by atoms with E-state index in [1.54, 1.807) is 0 Å². The van der Waals surface area contributed by atoms with E-state index in [0.29, 0.717) is 6.61 Å². The molecule has 0 amide bonds. The molecule has 2 atom stereocenters. The largest absolute Gasteiger partial charge is 0.391 e. The Bertz CT molecular complexity index is 75.7. The van der Waals surface area contributed by atoms with Gasteiger partial charge >= 0.3 is 0 Å². The number of aliphatic hydroxyl groups is 1. The molecule has 0 bridgehead atoms. The Morgan fingerprint density at radius 3 is 2.50 bits per heavy atom. The zero-order valence-corrected chi connectivity index (χ0v) is 7.35. The van der Waals surface area contributed by atoms with Crippen LogP contribution in [0.5, 0.6) is 0 Å². The van der Waals surface area contributed by atoms with Crippen LogP contribution in [0.2, 0.25) is 0 Å². The van der Waals surface area contributed by atoms with Gasteiger partial charge in [-0.05, 0) is 6.42 Å². The van der Waals surface area contributed by atoms with Gasteiger partial charge in [0, 0.05) is 5.92 Å². The molecule has 0 saturated carbocycles.